The van der Waals surface area contributed by atoms with Gasteiger partial charge in [0, 0.05) is 31.4 Å². The normalized spacial score (nSPS) is 15.1. The van der Waals surface area contributed by atoms with Crippen molar-refractivity contribution in [2.24, 2.45) is 0 Å². The molecule has 1 atom stereocenters. The summed E-state index contributed by atoms with van der Waals surface area (Å²) in [6, 6.07) is 3.99. The molecule has 0 saturated carbocycles. The smallest absolute Gasteiger partial charge is 0.179 e. The molecule has 0 spiro atoms. The van der Waals surface area contributed by atoms with Gasteiger partial charge in [-0.1, -0.05) is 11.6 Å². The summed E-state index contributed by atoms with van der Waals surface area (Å²) in [5.74, 6) is 1.36. The molecule has 2 heterocycles. The predicted octanol–water partition coefficient (Wildman–Crippen LogP) is 3.45. The number of rotatable bonds is 4. The van der Waals surface area contributed by atoms with Crippen LogP contribution in [0.2, 0.25) is 5.02 Å². The summed E-state index contributed by atoms with van der Waals surface area (Å²) in [5, 5.41) is 4.04. The van der Waals surface area contributed by atoms with Crippen LogP contribution in [0.25, 0.3) is 0 Å². The Bertz CT molecular complexity index is 694. The highest BCUT2D eigenvalue weighted by Gasteiger charge is 2.16. The summed E-state index contributed by atoms with van der Waals surface area (Å²) in [5.41, 5.74) is 2.93. The number of fused-ring (bicyclic) bond motifs is 1. The lowest BCUT2D eigenvalue weighted by molar-refractivity contribution is 0.297. The van der Waals surface area contributed by atoms with Crippen LogP contribution in [-0.2, 0) is 6.54 Å². The number of nitrogens with one attached hydrogen (secondary N) is 1. The molecule has 0 bridgehead atoms. The van der Waals surface area contributed by atoms with E-state index in [1.54, 1.807) is 12.4 Å². The fourth-order valence-corrected chi connectivity index (χ4v) is 2.89. The molecule has 0 amide bonds. The Balaban J connectivity index is 1.72. The second-order valence-corrected chi connectivity index (χ2v) is 5.99. The summed E-state index contributed by atoms with van der Waals surface area (Å²) < 4.78 is 11.4. The Morgan fingerprint density at radius 1 is 1.22 bits per heavy atom. The molecule has 1 aliphatic rings. The van der Waals surface area contributed by atoms with Crippen molar-refractivity contribution in [3.8, 4) is 11.5 Å². The van der Waals surface area contributed by atoms with Crippen LogP contribution in [0.1, 0.15) is 36.3 Å². The number of halogens is 1. The van der Waals surface area contributed by atoms with E-state index in [1.807, 2.05) is 19.1 Å². The van der Waals surface area contributed by atoms with Crippen LogP contribution in [0.15, 0.2) is 24.5 Å². The van der Waals surface area contributed by atoms with Gasteiger partial charge in [-0.2, -0.15) is 0 Å². The molecule has 0 saturated heterocycles. The number of benzene rings is 1. The van der Waals surface area contributed by atoms with E-state index in [4.69, 9.17) is 21.1 Å². The Kier molecular flexibility index (Phi) is 4.98. The topological polar surface area (TPSA) is 56.3 Å². The highest BCUT2D eigenvalue weighted by Crippen LogP contribution is 2.38. The maximum absolute atomic E-state index is 6.32. The van der Waals surface area contributed by atoms with E-state index >= 15 is 0 Å². The van der Waals surface area contributed by atoms with Gasteiger partial charge in [0.25, 0.3) is 0 Å². The van der Waals surface area contributed by atoms with Gasteiger partial charge in [0.15, 0.2) is 11.5 Å². The van der Waals surface area contributed by atoms with Crippen LogP contribution >= 0.6 is 11.6 Å². The standard InChI is InChI=1S/C17H20ClN3O2/c1-11-16(20-5-4-19-11)12(2)21-10-13-8-14(18)17-15(9-13)22-6-3-7-23-17/h4-5,8-9,12,21H,3,6-7,10H2,1-2H3. The Morgan fingerprint density at radius 3 is 2.83 bits per heavy atom. The molecule has 1 aromatic heterocycles. The summed E-state index contributed by atoms with van der Waals surface area (Å²) in [7, 11) is 0. The minimum Gasteiger partial charge on any atom is -0.489 e. The molecule has 0 aliphatic carbocycles. The Labute approximate surface area is 141 Å². The number of hydrogen-bond acceptors (Lipinski definition) is 5. The zero-order valence-corrected chi connectivity index (χ0v) is 14.1. The first-order valence-corrected chi connectivity index (χ1v) is 8.12. The van der Waals surface area contributed by atoms with Gasteiger partial charge < -0.3 is 14.8 Å². The highest BCUT2D eigenvalue weighted by molar-refractivity contribution is 6.32. The molecule has 5 nitrogen and oxygen atoms in total. The van der Waals surface area contributed by atoms with Crippen LogP contribution in [0.5, 0.6) is 11.5 Å². The molecular weight excluding hydrogens is 314 g/mol. The third-order valence-corrected chi connectivity index (χ3v) is 4.08. The van der Waals surface area contributed by atoms with Gasteiger partial charge in [0.2, 0.25) is 0 Å². The van der Waals surface area contributed by atoms with Crippen molar-refractivity contribution in [1.29, 1.82) is 0 Å². The van der Waals surface area contributed by atoms with E-state index in [2.05, 4.69) is 22.2 Å². The number of nitrogens with zero attached hydrogens (tertiary/aromatic N) is 2. The third-order valence-electron chi connectivity index (χ3n) is 3.80. The van der Waals surface area contributed by atoms with E-state index in [9.17, 15) is 0 Å². The van der Waals surface area contributed by atoms with Crippen molar-refractivity contribution >= 4 is 11.6 Å². The zero-order chi connectivity index (χ0) is 16.2. The molecule has 1 N–H and O–H groups in total. The maximum atomic E-state index is 6.32. The predicted molar refractivity (Wildman–Crippen MR) is 89.1 cm³/mol. The fourth-order valence-electron chi connectivity index (χ4n) is 2.60. The van der Waals surface area contributed by atoms with Crippen molar-refractivity contribution in [1.82, 2.24) is 15.3 Å². The van der Waals surface area contributed by atoms with E-state index in [-0.39, 0.29) is 6.04 Å². The highest BCUT2D eigenvalue weighted by atomic mass is 35.5. The van der Waals surface area contributed by atoms with Gasteiger partial charge in [-0.25, -0.2) is 0 Å². The number of aromatic nitrogens is 2. The SMILES string of the molecule is Cc1nccnc1C(C)NCc1cc(Cl)c2c(c1)OCCCO2. The lowest BCUT2D eigenvalue weighted by Crippen LogP contribution is -2.20. The van der Waals surface area contributed by atoms with Gasteiger partial charge >= 0.3 is 0 Å². The summed E-state index contributed by atoms with van der Waals surface area (Å²) in [6.45, 7) is 5.98. The quantitative estimate of drug-likeness (QED) is 0.928. The third kappa shape index (κ3) is 3.74. The van der Waals surface area contributed by atoms with Crippen molar-refractivity contribution < 1.29 is 9.47 Å². The maximum Gasteiger partial charge on any atom is 0.179 e. The van der Waals surface area contributed by atoms with Gasteiger partial charge in [-0.3, -0.25) is 9.97 Å². The van der Waals surface area contributed by atoms with Crippen LogP contribution < -0.4 is 14.8 Å². The number of hydrogen-bond donors (Lipinski definition) is 1. The minimum atomic E-state index is 0.0958. The Hall–Kier alpha value is -1.85. The average Bonchev–Trinajstić information content (AvgIpc) is 2.79. The first-order valence-electron chi connectivity index (χ1n) is 7.74. The van der Waals surface area contributed by atoms with E-state index in [1.165, 1.54) is 0 Å². The molecule has 6 heteroatoms. The van der Waals surface area contributed by atoms with Gasteiger partial charge in [-0.05, 0) is 31.5 Å². The molecule has 3 rings (SSSR count). The summed E-state index contributed by atoms with van der Waals surface area (Å²) in [4.78, 5) is 8.67. The van der Waals surface area contributed by atoms with Crippen LogP contribution in [0, 0.1) is 6.92 Å². The molecule has 0 fully saturated rings. The molecule has 23 heavy (non-hydrogen) atoms. The lowest BCUT2D eigenvalue weighted by atomic mass is 10.1. The summed E-state index contributed by atoms with van der Waals surface area (Å²) >= 11 is 6.32. The monoisotopic (exact) mass is 333 g/mol. The van der Waals surface area contributed by atoms with Crippen LogP contribution in [0.3, 0.4) is 0 Å². The average molecular weight is 334 g/mol. The lowest BCUT2D eigenvalue weighted by Gasteiger charge is -2.16. The van der Waals surface area contributed by atoms with Crippen molar-refractivity contribution in [2.75, 3.05) is 13.2 Å². The first kappa shape index (κ1) is 16.0. The minimum absolute atomic E-state index is 0.0958. The van der Waals surface area contributed by atoms with Crippen molar-refractivity contribution in [2.45, 2.75) is 32.9 Å². The van der Waals surface area contributed by atoms with Crippen LogP contribution in [-0.4, -0.2) is 23.2 Å². The van der Waals surface area contributed by atoms with Gasteiger partial charge in [0.05, 0.1) is 29.6 Å². The molecular formula is C17H20ClN3O2. The number of ether oxygens (including phenoxy) is 2. The first-order chi connectivity index (χ1) is 11.1. The number of aryl methyl sites for hydroxylation is 1. The van der Waals surface area contributed by atoms with Gasteiger partial charge in [0.1, 0.15) is 0 Å². The largest absolute Gasteiger partial charge is 0.489 e. The molecule has 0 radical (unpaired) electrons. The fraction of sp³-hybridized carbons (Fsp3) is 0.412. The van der Waals surface area contributed by atoms with E-state index < -0.39 is 0 Å². The summed E-state index contributed by atoms with van der Waals surface area (Å²) in [6.07, 6.45) is 4.28. The van der Waals surface area contributed by atoms with Crippen molar-refractivity contribution in [3.63, 3.8) is 0 Å². The second-order valence-electron chi connectivity index (χ2n) is 5.58. The molecule has 1 aromatic carbocycles. The van der Waals surface area contributed by atoms with E-state index in [0.717, 1.165) is 29.1 Å². The molecule has 1 aliphatic heterocycles. The van der Waals surface area contributed by atoms with Crippen LogP contribution in [0.4, 0.5) is 0 Å². The Morgan fingerprint density at radius 2 is 2.00 bits per heavy atom. The van der Waals surface area contributed by atoms with E-state index in [0.29, 0.717) is 30.5 Å². The zero-order valence-electron chi connectivity index (χ0n) is 13.3. The van der Waals surface area contributed by atoms with Gasteiger partial charge in [-0.15, -0.1) is 0 Å². The molecule has 1 unspecified atom stereocenters. The van der Waals surface area contributed by atoms with Crippen molar-refractivity contribution in [3.05, 3.63) is 46.5 Å². The second kappa shape index (κ2) is 7.15. The molecule has 2 aromatic rings. The molecule has 122 valence electrons.